The SMILES string of the molecule is Cc1ccc(C(=O)COc2ccc(C)c(F)c2)s1. The Morgan fingerprint density at radius 1 is 1.28 bits per heavy atom. The number of ketones is 1. The van der Waals surface area contributed by atoms with E-state index in [1.165, 1.54) is 17.4 Å². The van der Waals surface area contributed by atoms with Gasteiger partial charge in [-0.1, -0.05) is 6.07 Å². The molecule has 18 heavy (non-hydrogen) atoms. The lowest BCUT2D eigenvalue weighted by atomic mass is 10.2. The third-order valence-electron chi connectivity index (χ3n) is 2.53. The highest BCUT2D eigenvalue weighted by Crippen LogP contribution is 2.18. The van der Waals surface area contributed by atoms with Crippen LogP contribution in [0.25, 0.3) is 0 Å². The molecule has 94 valence electrons. The van der Waals surface area contributed by atoms with Crippen molar-refractivity contribution in [1.29, 1.82) is 0 Å². The molecular weight excluding hydrogens is 251 g/mol. The van der Waals surface area contributed by atoms with Crippen molar-refractivity contribution in [1.82, 2.24) is 0 Å². The van der Waals surface area contributed by atoms with Crippen LogP contribution < -0.4 is 4.74 Å². The molecule has 0 saturated heterocycles. The van der Waals surface area contributed by atoms with Crippen molar-refractivity contribution in [3.05, 3.63) is 51.5 Å². The summed E-state index contributed by atoms with van der Waals surface area (Å²) in [7, 11) is 0. The molecule has 0 radical (unpaired) electrons. The maximum atomic E-state index is 13.3. The molecule has 0 spiro atoms. The van der Waals surface area contributed by atoms with Gasteiger partial charge in [0, 0.05) is 10.9 Å². The Hall–Kier alpha value is -1.68. The average molecular weight is 264 g/mol. The van der Waals surface area contributed by atoms with Crippen LogP contribution in [0.4, 0.5) is 4.39 Å². The van der Waals surface area contributed by atoms with Crippen LogP contribution >= 0.6 is 11.3 Å². The van der Waals surface area contributed by atoms with E-state index in [2.05, 4.69) is 0 Å². The molecule has 0 atom stereocenters. The smallest absolute Gasteiger partial charge is 0.210 e. The number of ether oxygens (including phenoxy) is 1. The molecule has 0 aliphatic rings. The van der Waals surface area contributed by atoms with Gasteiger partial charge in [-0.2, -0.15) is 0 Å². The van der Waals surface area contributed by atoms with E-state index in [-0.39, 0.29) is 18.2 Å². The lowest BCUT2D eigenvalue weighted by Crippen LogP contribution is -2.10. The van der Waals surface area contributed by atoms with Gasteiger partial charge in [0.1, 0.15) is 11.6 Å². The van der Waals surface area contributed by atoms with Crippen molar-refractivity contribution in [3.63, 3.8) is 0 Å². The fourth-order valence-electron chi connectivity index (χ4n) is 1.47. The summed E-state index contributed by atoms with van der Waals surface area (Å²) in [5, 5.41) is 0. The number of hydrogen-bond donors (Lipinski definition) is 0. The molecule has 0 amide bonds. The van der Waals surface area contributed by atoms with Gasteiger partial charge in [-0.05, 0) is 37.6 Å². The monoisotopic (exact) mass is 264 g/mol. The fourth-order valence-corrected chi connectivity index (χ4v) is 2.26. The molecule has 0 aliphatic heterocycles. The molecule has 2 nitrogen and oxygen atoms in total. The van der Waals surface area contributed by atoms with E-state index in [9.17, 15) is 9.18 Å². The number of carbonyl (C=O) groups excluding carboxylic acids is 1. The predicted octanol–water partition coefficient (Wildman–Crippen LogP) is 3.77. The van der Waals surface area contributed by atoms with Crippen LogP contribution in [0.5, 0.6) is 5.75 Å². The van der Waals surface area contributed by atoms with Gasteiger partial charge in [-0.25, -0.2) is 4.39 Å². The van der Waals surface area contributed by atoms with Crippen LogP contribution in [0.1, 0.15) is 20.1 Å². The van der Waals surface area contributed by atoms with Crippen LogP contribution in [0.2, 0.25) is 0 Å². The van der Waals surface area contributed by atoms with Gasteiger partial charge >= 0.3 is 0 Å². The maximum Gasteiger partial charge on any atom is 0.210 e. The first-order chi connectivity index (χ1) is 8.56. The van der Waals surface area contributed by atoms with Gasteiger partial charge in [-0.15, -0.1) is 11.3 Å². The number of Topliss-reactive ketones (excluding diaryl/α,β-unsaturated/α-hetero) is 1. The van der Waals surface area contributed by atoms with E-state index in [0.29, 0.717) is 16.2 Å². The molecular formula is C14H13FO2S. The van der Waals surface area contributed by atoms with Crippen LogP contribution in [0.15, 0.2) is 30.3 Å². The van der Waals surface area contributed by atoms with Crippen LogP contribution in [0, 0.1) is 19.7 Å². The first-order valence-electron chi connectivity index (χ1n) is 5.55. The lowest BCUT2D eigenvalue weighted by Gasteiger charge is -2.05. The number of carbonyl (C=O) groups is 1. The predicted molar refractivity (Wildman–Crippen MR) is 70.0 cm³/mol. The van der Waals surface area contributed by atoms with Crippen molar-refractivity contribution < 1.29 is 13.9 Å². The normalized spacial score (nSPS) is 10.4. The second kappa shape index (κ2) is 5.31. The van der Waals surface area contributed by atoms with E-state index in [1.807, 2.05) is 13.0 Å². The van der Waals surface area contributed by atoms with E-state index in [4.69, 9.17) is 4.74 Å². The lowest BCUT2D eigenvalue weighted by molar-refractivity contribution is 0.0925. The van der Waals surface area contributed by atoms with Crippen LogP contribution in [-0.2, 0) is 0 Å². The molecule has 1 heterocycles. The van der Waals surface area contributed by atoms with Gasteiger partial charge in [0.05, 0.1) is 4.88 Å². The number of thiophene rings is 1. The summed E-state index contributed by atoms with van der Waals surface area (Å²) in [6, 6.07) is 8.25. The zero-order valence-corrected chi connectivity index (χ0v) is 11.0. The van der Waals surface area contributed by atoms with Crippen molar-refractivity contribution in [2.24, 2.45) is 0 Å². The van der Waals surface area contributed by atoms with Gasteiger partial charge in [0.15, 0.2) is 6.61 Å². The van der Waals surface area contributed by atoms with E-state index < -0.39 is 0 Å². The highest BCUT2D eigenvalue weighted by molar-refractivity contribution is 7.14. The Labute approximate surface area is 109 Å². The number of halogens is 1. The fraction of sp³-hybridized carbons (Fsp3) is 0.214. The Bertz CT molecular complexity index is 575. The minimum absolute atomic E-state index is 0.0670. The van der Waals surface area contributed by atoms with Crippen molar-refractivity contribution in [3.8, 4) is 5.75 Å². The third-order valence-corrected chi connectivity index (χ3v) is 3.57. The first kappa shape index (κ1) is 12.8. The zero-order chi connectivity index (χ0) is 13.1. The number of benzene rings is 1. The molecule has 2 rings (SSSR count). The number of rotatable bonds is 4. The van der Waals surface area contributed by atoms with Gasteiger partial charge in [-0.3, -0.25) is 4.79 Å². The molecule has 0 N–H and O–H groups in total. The summed E-state index contributed by atoms with van der Waals surface area (Å²) in [5.41, 5.74) is 0.558. The molecule has 0 aliphatic carbocycles. The molecule has 4 heteroatoms. The quantitative estimate of drug-likeness (QED) is 0.786. The van der Waals surface area contributed by atoms with E-state index in [0.717, 1.165) is 4.88 Å². The summed E-state index contributed by atoms with van der Waals surface area (Å²) in [6.07, 6.45) is 0. The van der Waals surface area contributed by atoms with Crippen molar-refractivity contribution in [2.75, 3.05) is 6.61 Å². The Balaban J connectivity index is 1.99. The molecule has 0 fully saturated rings. The standard InChI is InChI=1S/C14H13FO2S/c1-9-3-5-11(7-12(9)15)17-8-13(16)14-6-4-10(2)18-14/h3-7H,8H2,1-2H3. The summed E-state index contributed by atoms with van der Waals surface area (Å²) in [4.78, 5) is 13.5. The zero-order valence-electron chi connectivity index (χ0n) is 10.2. The Kier molecular flexibility index (Phi) is 3.77. The maximum absolute atomic E-state index is 13.3. The minimum atomic E-state index is -0.327. The topological polar surface area (TPSA) is 26.3 Å². The highest BCUT2D eigenvalue weighted by atomic mass is 32.1. The van der Waals surface area contributed by atoms with Crippen molar-refractivity contribution >= 4 is 17.1 Å². The van der Waals surface area contributed by atoms with Gasteiger partial charge in [0.25, 0.3) is 0 Å². The number of aryl methyl sites for hydroxylation is 2. The second-order valence-electron chi connectivity index (χ2n) is 4.03. The molecule has 0 unspecified atom stereocenters. The Morgan fingerprint density at radius 2 is 2.06 bits per heavy atom. The van der Waals surface area contributed by atoms with Crippen LogP contribution in [-0.4, -0.2) is 12.4 Å². The summed E-state index contributed by atoms with van der Waals surface area (Å²) < 4.78 is 18.6. The summed E-state index contributed by atoms with van der Waals surface area (Å²) >= 11 is 1.43. The molecule has 1 aromatic carbocycles. The summed E-state index contributed by atoms with van der Waals surface area (Å²) in [6.45, 7) is 3.55. The second-order valence-corrected chi connectivity index (χ2v) is 5.32. The summed E-state index contributed by atoms with van der Waals surface area (Å²) in [5.74, 6) is -0.0410. The van der Waals surface area contributed by atoms with Crippen LogP contribution in [0.3, 0.4) is 0 Å². The first-order valence-corrected chi connectivity index (χ1v) is 6.36. The largest absolute Gasteiger partial charge is 0.485 e. The number of hydrogen-bond acceptors (Lipinski definition) is 3. The third kappa shape index (κ3) is 2.96. The van der Waals surface area contributed by atoms with E-state index in [1.54, 1.807) is 25.1 Å². The van der Waals surface area contributed by atoms with Gasteiger partial charge < -0.3 is 4.74 Å². The Morgan fingerprint density at radius 3 is 2.67 bits per heavy atom. The molecule has 1 aromatic heterocycles. The molecule has 0 saturated carbocycles. The minimum Gasteiger partial charge on any atom is -0.485 e. The van der Waals surface area contributed by atoms with Crippen molar-refractivity contribution in [2.45, 2.75) is 13.8 Å². The average Bonchev–Trinajstić information content (AvgIpc) is 2.77. The highest BCUT2D eigenvalue weighted by Gasteiger charge is 2.09. The van der Waals surface area contributed by atoms with Gasteiger partial charge in [0.2, 0.25) is 5.78 Å². The van der Waals surface area contributed by atoms with E-state index >= 15 is 0 Å². The molecule has 2 aromatic rings. The molecule has 0 bridgehead atoms.